The average molecular weight is 514 g/mol. The Kier molecular flexibility index (Phi) is 8.32. The lowest BCUT2D eigenvalue weighted by Gasteiger charge is -2.39. The molecule has 0 saturated heterocycles. The summed E-state index contributed by atoms with van der Waals surface area (Å²) in [6, 6.07) is 6.41. The van der Waals surface area contributed by atoms with Crippen LogP contribution in [0, 0.1) is 5.92 Å². The van der Waals surface area contributed by atoms with Crippen molar-refractivity contribution < 1.29 is 17.3 Å². The highest BCUT2D eigenvalue weighted by atomic mass is 32.2. The summed E-state index contributed by atoms with van der Waals surface area (Å²) in [6.45, 7) is 22.6. The predicted molar refractivity (Wildman–Crippen MR) is 145 cm³/mol. The Labute approximate surface area is 205 Å². The zero-order chi connectivity index (χ0) is 25.5. The SMILES string of the molecule is CC(C)(C)[Si](C)(C)Oc1ccc(C2CCC(CS(N)(=O)=O)CC2)c(O[Si](C)(C)C(C)(C)C)c1. The van der Waals surface area contributed by atoms with E-state index >= 15 is 0 Å². The van der Waals surface area contributed by atoms with Crippen molar-refractivity contribution in [2.45, 2.75) is 109 Å². The second-order valence-corrected chi connectivity index (χ2v) is 24.1. The molecule has 0 spiro atoms. The first-order valence-corrected chi connectivity index (χ1v) is 19.8. The number of hydrogen-bond acceptors (Lipinski definition) is 4. The zero-order valence-electron chi connectivity index (χ0n) is 22.5. The largest absolute Gasteiger partial charge is 0.543 e. The van der Waals surface area contributed by atoms with Gasteiger partial charge in [0.25, 0.3) is 0 Å². The summed E-state index contributed by atoms with van der Waals surface area (Å²) in [5.41, 5.74) is 1.23. The van der Waals surface area contributed by atoms with Crippen molar-refractivity contribution in [2.24, 2.45) is 11.1 Å². The van der Waals surface area contributed by atoms with E-state index < -0.39 is 26.7 Å². The number of rotatable bonds is 7. The second kappa shape index (κ2) is 9.67. The minimum absolute atomic E-state index is 0.0896. The van der Waals surface area contributed by atoms with Crippen molar-refractivity contribution in [3.05, 3.63) is 23.8 Å². The topological polar surface area (TPSA) is 78.6 Å². The lowest BCUT2D eigenvalue weighted by Crippen LogP contribution is -2.44. The van der Waals surface area contributed by atoms with E-state index in [1.165, 1.54) is 5.56 Å². The number of primary sulfonamides is 1. The summed E-state index contributed by atoms with van der Waals surface area (Å²) < 4.78 is 36.5. The minimum atomic E-state index is -3.42. The molecule has 0 amide bonds. The number of benzene rings is 1. The van der Waals surface area contributed by atoms with Gasteiger partial charge in [0.1, 0.15) is 11.5 Å². The van der Waals surface area contributed by atoms with Gasteiger partial charge in [-0.05, 0) is 85.4 Å². The summed E-state index contributed by atoms with van der Waals surface area (Å²) in [7, 11) is -7.43. The van der Waals surface area contributed by atoms with Crippen LogP contribution in [0.15, 0.2) is 18.2 Å². The van der Waals surface area contributed by atoms with Crippen LogP contribution in [0.3, 0.4) is 0 Å². The molecule has 33 heavy (non-hydrogen) atoms. The van der Waals surface area contributed by atoms with Crippen molar-refractivity contribution in [1.29, 1.82) is 0 Å². The normalized spacial score (nSPS) is 21.1. The maximum atomic E-state index is 11.5. The van der Waals surface area contributed by atoms with E-state index in [0.29, 0.717) is 5.92 Å². The van der Waals surface area contributed by atoms with Crippen LogP contribution in [0.4, 0.5) is 0 Å². The van der Waals surface area contributed by atoms with Crippen molar-refractivity contribution >= 4 is 26.7 Å². The molecule has 0 aromatic heterocycles. The number of hydrogen-bond donors (Lipinski definition) is 1. The average Bonchev–Trinajstić information content (AvgIpc) is 2.59. The quantitative estimate of drug-likeness (QED) is 0.397. The van der Waals surface area contributed by atoms with Gasteiger partial charge < -0.3 is 8.85 Å². The molecule has 0 aliphatic heterocycles. The van der Waals surface area contributed by atoms with E-state index in [4.69, 9.17) is 14.0 Å². The van der Waals surface area contributed by atoms with Crippen molar-refractivity contribution in [3.63, 3.8) is 0 Å². The fraction of sp³-hybridized carbons (Fsp3) is 0.760. The molecule has 1 aliphatic rings. The fourth-order valence-corrected chi connectivity index (χ4v) is 6.89. The van der Waals surface area contributed by atoms with Crippen molar-refractivity contribution in [3.8, 4) is 11.5 Å². The van der Waals surface area contributed by atoms with Crippen LogP contribution in [0.5, 0.6) is 11.5 Å². The second-order valence-electron chi connectivity index (χ2n) is 13.0. The highest BCUT2D eigenvalue weighted by molar-refractivity contribution is 7.89. The highest BCUT2D eigenvalue weighted by Crippen LogP contribution is 2.45. The summed E-state index contributed by atoms with van der Waals surface area (Å²) in [5.74, 6) is 2.45. The molecule has 1 saturated carbocycles. The number of nitrogens with two attached hydrogens (primary N) is 1. The molecule has 1 aromatic rings. The Morgan fingerprint density at radius 2 is 1.36 bits per heavy atom. The molecule has 0 atom stereocenters. The van der Waals surface area contributed by atoms with Crippen LogP contribution in [0.25, 0.3) is 0 Å². The van der Waals surface area contributed by atoms with Gasteiger partial charge in [-0.1, -0.05) is 47.6 Å². The standard InChI is InChI=1S/C25H47NO4SSi2/c1-24(2,3)32(7,8)29-21-15-16-22(23(17-21)30-33(9,10)25(4,5)6)20-13-11-19(12-14-20)18-31(26,27)28/h15-17,19-20H,11-14,18H2,1-10H3,(H2,26,27,28). The van der Waals surface area contributed by atoms with Gasteiger partial charge in [-0.3, -0.25) is 0 Å². The molecule has 1 fully saturated rings. The van der Waals surface area contributed by atoms with Crippen LogP contribution >= 0.6 is 0 Å². The van der Waals surface area contributed by atoms with Gasteiger partial charge in [0, 0.05) is 6.07 Å². The molecule has 1 aliphatic carbocycles. The van der Waals surface area contributed by atoms with Gasteiger partial charge in [0.05, 0.1) is 5.75 Å². The number of sulfonamides is 1. The summed E-state index contributed by atoms with van der Waals surface area (Å²) in [4.78, 5) is 0. The third-order valence-electron chi connectivity index (χ3n) is 8.09. The van der Waals surface area contributed by atoms with E-state index in [1.807, 2.05) is 0 Å². The Bertz CT molecular complexity index is 923. The molecular formula is C25H47NO4SSi2. The van der Waals surface area contributed by atoms with Crippen LogP contribution in [-0.2, 0) is 10.0 Å². The maximum Gasteiger partial charge on any atom is 0.250 e. The van der Waals surface area contributed by atoms with Gasteiger partial charge in [-0.2, -0.15) is 0 Å². The fourth-order valence-electron chi connectivity index (χ4n) is 3.85. The van der Waals surface area contributed by atoms with Gasteiger partial charge in [0.2, 0.25) is 26.7 Å². The third kappa shape index (κ3) is 7.57. The van der Waals surface area contributed by atoms with E-state index in [-0.39, 0.29) is 21.7 Å². The lowest BCUT2D eigenvalue weighted by atomic mass is 9.79. The molecule has 0 unspecified atom stereocenters. The molecule has 2 N–H and O–H groups in total. The van der Waals surface area contributed by atoms with Gasteiger partial charge in [0.15, 0.2) is 0 Å². The molecule has 190 valence electrons. The molecule has 0 heterocycles. The molecular weight excluding hydrogens is 467 g/mol. The Morgan fingerprint density at radius 3 is 1.82 bits per heavy atom. The minimum Gasteiger partial charge on any atom is -0.543 e. The van der Waals surface area contributed by atoms with Crippen LogP contribution in [-0.4, -0.2) is 30.8 Å². The lowest BCUT2D eigenvalue weighted by molar-refractivity contribution is 0.343. The highest BCUT2D eigenvalue weighted by Gasteiger charge is 2.41. The van der Waals surface area contributed by atoms with Crippen molar-refractivity contribution in [1.82, 2.24) is 0 Å². The molecule has 1 aromatic carbocycles. The van der Waals surface area contributed by atoms with Crippen molar-refractivity contribution in [2.75, 3.05) is 5.75 Å². The zero-order valence-corrected chi connectivity index (χ0v) is 25.4. The molecule has 0 radical (unpaired) electrons. The molecule has 2 rings (SSSR count). The maximum absolute atomic E-state index is 11.5. The summed E-state index contributed by atoms with van der Waals surface area (Å²) in [5, 5.41) is 5.50. The first kappa shape index (κ1) is 28.4. The Hall–Kier alpha value is -0.836. The predicted octanol–water partition coefficient (Wildman–Crippen LogP) is 7.02. The van der Waals surface area contributed by atoms with E-state index in [2.05, 4.69) is 85.9 Å². The Morgan fingerprint density at radius 1 is 0.879 bits per heavy atom. The van der Waals surface area contributed by atoms with E-state index in [1.54, 1.807) is 0 Å². The monoisotopic (exact) mass is 513 g/mol. The van der Waals surface area contributed by atoms with E-state index in [9.17, 15) is 8.42 Å². The molecule has 8 heteroatoms. The first-order chi connectivity index (χ1) is 14.7. The molecule has 0 bridgehead atoms. The molecule has 5 nitrogen and oxygen atoms in total. The first-order valence-electron chi connectivity index (χ1n) is 12.2. The van der Waals surface area contributed by atoms with Crippen LogP contribution < -0.4 is 14.0 Å². The van der Waals surface area contributed by atoms with Crippen LogP contribution in [0.1, 0.15) is 78.7 Å². The summed E-state index contributed by atoms with van der Waals surface area (Å²) in [6.07, 6.45) is 3.67. The Balaban J connectivity index is 2.36. The smallest absolute Gasteiger partial charge is 0.250 e. The van der Waals surface area contributed by atoms with Gasteiger partial charge in [-0.25, -0.2) is 13.6 Å². The van der Waals surface area contributed by atoms with Gasteiger partial charge in [-0.15, -0.1) is 0 Å². The summed E-state index contributed by atoms with van der Waals surface area (Å²) >= 11 is 0. The van der Waals surface area contributed by atoms with E-state index in [0.717, 1.165) is 37.2 Å². The van der Waals surface area contributed by atoms with Gasteiger partial charge >= 0.3 is 0 Å². The van der Waals surface area contributed by atoms with Crippen LogP contribution in [0.2, 0.25) is 36.3 Å². The third-order valence-corrected chi connectivity index (χ3v) is 17.7.